The smallest absolute Gasteiger partial charge is 0.209 e. The van der Waals surface area contributed by atoms with Crippen molar-refractivity contribution in [2.24, 2.45) is 0 Å². The Morgan fingerprint density at radius 1 is 1.28 bits per heavy atom. The molecular formula is C16H17NO. The standard InChI is InChI=1S/C16H17NO/c1-3-4-11-17-12-5-6-15(17)16(18)14-9-7-13(2)8-10-14/h3,5-10,12H,1,4,11H2,2H3. The Bertz CT molecular complexity index is 549. The van der Waals surface area contributed by atoms with Crippen molar-refractivity contribution >= 4 is 5.78 Å². The maximum absolute atomic E-state index is 12.4. The number of carbonyl (C=O) groups is 1. The summed E-state index contributed by atoms with van der Waals surface area (Å²) in [5.41, 5.74) is 2.63. The van der Waals surface area contributed by atoms with Crippen LogP contribution in [0.2, 0.25) is 0 Å². The molecule has 2 aromatic rings. The molecule has 1 heterocycles. The highest BCUT2D eigenvalue weighted by Crippen LogP contribution is 2.12. The average Bonchev–Trinajstić information content (AvgIpc) is 2.84. The van der Waals surface area contributed by atoms with Crippen molar-refractivity contribution in [1.29, 1.82) is 0 Å². The Morgan fingerprint density at radius 2 is 2.00 bits per heavy atom. The molecule has 2 rings (SSSR count). The summed E-state index contributed by atoms with van der Waals surface area (Å²) in [6.07, 6.45) is 4.66. The van der Waals surface area contributed by atoms with Crippen LogP contribution in [0.4, 0.5) is 0 Å². The number of carbonyl (C=O) groups excluding carboxylic acids is 1. The van der Waals surface area contributed by atoms with Crippen LogP contribution < -0.4 is 0 Å². The van der Waals surface area contributed by atoms with E-state index in [0.717, 1.165) is 29.8 Å². The molecule has 0 aliphatic carbocycles. The van der Waals surface area contributed by atoms with Crippen LogP contribution >= 0.6 is 0 Å². The van der Waals surface area contributed by atoms with Gasteiger partial charge in [0.1, 0.15) is 0 Å². The van der Waals surface area contributed by atoms with E-state index in [1.807, 2.05) is 60.2 Å². The number of ketones is 1. The Hall–Kier alpha value is -2.09. The number of hydrogen-bond acceptors (Lipinski definition) is 1. The maximum atomic E-state index is 12.4. The monoisotopic (exact) mass is 239 g/mol. The highest BCUT2D eigenvalue weighted by Gasteiger charge is 2.12. The first kappa shape index (κ1) is 12.4. The summed E-state index contributed by atoms with van der Waals surface area (Å²) < 4.78 is 1.98. The van der Waals surface area contributed by atoms with Crippen molar-refractivity contribution in [3.63, 3.8) is 0 Å². The van der Waals surface area contributed by atoms with Gasteiger partial charge in [-0.25, -0.2) is 0 Å². The Kier molecular flexibility index (Phi) is 3.78. The quantitative estimate of drug-likeness (QED) is 0.577. The number of nitrogens with zero attached hydrogens (tertiary/aromatic N) is 1. The molecule has 0 radical (unpaired) electrons. The number of aromatic nitrogens is 1. The number of benzene rings is 1. The molecule has 0 saturated heterocycles. The highest BCUT2D eigenvalue weighted by molar-refractivity contribution is 6.08. The van der Waals surface area contributed by atoms with E-state index in [0.29, 0.717) is 0 Å². The summed E-state index contributed by atoms with van der Waals surface area (Å²) in [6, 6.07) is 11.5. The number of rotatable bonds is 5. The summed E-state index contributed by atoms with van der Waals surface area (Å²) in [5, 5.41) is 0. The third-order valence-corrected chi connectivity index (χ3v) is 2.95. The van der Waals surface area contributed by atoms with Gasteiger partial charge in [0.25, 0.3) is 0 Å². The normalized spacial score (nSPS) is 10.3. The third-order valence-electron chi connectivity index (χ3n) is 2.95. The minimum Gasteiger partial charge on any atom is -0.345 e. The Balaban J connectivity index is 2.25. The Morgan fingerprint density at radius 3 is 2.67 bits per heavy atom. The lowest BCUT2D eigenvalue weighted by Gasteiger charge is -2.07. The highest BCUT2D eigenvalue weighted by atomic mass is 16.1. The molecule has 0 spiro atoms. The molecule has 2 nitrogen and oxygen atoms in total. The van der Waals surface area contributed by atoms with E-state index in [1.54, 1.807) is 0 Å². The van der Waals surface area contributed by atoms with Gasteiger partial charge in [-0.3, -0.25) is 4.79 Å². The van der Waals surface area contributed by atoms with Gasteiger partial charge < -0.3 is 4.57 Å². The van der Waals surface area contributed by atoms with Crippen LogP contribution in [0.3, 0.4) is 0 Å². The van der Waals surface area contributed by atoms with E-state index in [4.69, 9.17) is 0 Å². The summed E-state index contributed by atoms with van der Waals surface area (Å²) in [7, 11) is 0. The summed E-state index contributed by atoms with van der Waals surface area (Å²) in [5.74, 6) is 0.0732. The largest absolute Gasteiger partial charge is 0.345 e. The van der Waals surface area contributed by atoms with Gasteiger partial charge >= 0.3 is 0 Å². The lowest BCUT2D eigenvalue weighted by atomic mass is 10.1. The van der Waals surface area contributed by atoms with Gasteiger partial charge in [-0.2, -0.15) is 0 Å². The SMILES string of the molecule is C=CCCn1cccc1C(=O)c1ccc(C)cc1. The van der Waals surface area contributed by atoms with E-state index in [2.05, 4.69) is 6.58 Å². The van der Waals surface area contributed by atoms with Crippen molar-refractivity contribution < 1.29 is 4.79 Å². The van der Waals surface area contributed by atoms with Gasteiger partial charge in [-0.1, -0.05) is 35.9 Å². The number of aryl methyl sites for hydroxylation is 2. The van der Waals surface area contributed by atoms with Crippen molar-refractivity contribution in [3.8, 4) is 0 Å². The summed E-state index contributed by atoms with van der Waals surface area (Å²) >= 11 is 0. The molecule has 0 atom stereocenters. The maximum Gasteiger partial charge on any atom is 0.209 e. The minimum absolute atomic E-state index is 0.0732. The van der Waals surface area contributed by atoms with Gasteiger partial charge in [0.2, 0.25) is 5.78 Å². The second kappa shape index (κ2) is 5.50. The first-order valence-electron chi connectivity index (χ1n) is 6.10. The molecule has 0 unspecified atom stereocenters. The lowest BCUT2D eigenvalue weighted by Crippen LogP contribution is -2.09. The van der Waals surface area contributed by atoms with Gasteiger partial charge in [-0.05, 0) is 25.5 Å². The molecule has 2 heteroatoms. The molecule has 0 saturated carbocycles. The van der Waals surface area contributed by atoms with Crippen LogP contribution in [0, 0.1) is 6.92 Å². The van der Waals surface area contributed by atoms with Crippen LogP contribution in [0.1, 0.15) is 28.0 Å². The molecule has 0 amide bonds. The first-order valence-corrected chi connectivity index (χ1v) is 6.10. The van der Waals surface area contributed by atoms with Crippen molar-refractivity contribution in [2.75, 3.05) is 0 Å². The zero-order chi connectivity index (χ0) is 13.0. The molecule has 0 aliphatic heterocycles. The molecule has 0 aliphatic rings. The lowest BCUT2D eigenvalue weighted by molar-refractivity contribution is 0.103. The van der Waals surface area contributed by atoms with Crippen LogP contribution in [0.5, 0.6) is 0 Å². The fourth-order valence-corrected chi connectivity index (χ4v) is 1.90. The number of allylic oxidation sites excluding steroid dienone is 1. The van der Waals surface area contributed by atoms with E-state index in [1.165, 1.54) is 0 Å². The van der Waals surface area contributed by atoms with Gasteiger partial charge in [0.15, 0.2) is 0 Å². The van der Waals surface area contributed by atoms with Gasteiger partial charge in [0.05, 0.1) is 5.69 Å². The molecule has 18 heavy (non-hydrogen) atoms. The van der Waals surface area contributed by atoms with E-state index >= 15 is 0 Å². The molecule has 1 aromatic carbocycles. The molecule has 0 fully saturated rings. The topological polar surface area (TPSA) is 22.0 Å². The van der Waals surface area contributed by atoms with Gasteiger partial charge in [-0.15, -0.1) is 6.58 Å². The van der Waals surface area contributed by atoms with Crippen LogP contribution in [-0.2, 0) is 6.54 Å². The minimum atomic E-state index is 0.0732. The third kappa shape index (κ3) is 2.59. The molecule has 1 aromatic heterocycles. The molecular weight excluding hydrogens is 222 g/mol. The zero-order valence-corrected chi connectivity index (χ0v) is 10.6. The van der Waals surface area contributed by atoms with Crippen LogP contribution in [-0.4, -0.2) is 10.4 Å². The molecule has 0 N–H and O–H groups in total. The van der Waals surface area contributed by atoms with Crippen LogP contribution in [0.25, 0.3) is 0 Å². The summed E-state index contributed by atoms with van der Waals surface area (Å²) in [6.45, 7) is 6.51. The fourth-order valence-electron chi connectivity index (χ4n) is 1.90. The van der Waals surface area contributed by atoms with Crippen LogP contribution in [0.15, 0.2) is 55.3 Å². The molecule has 92 valence electrons. The van der Waals surface area contributed by atoms with Crippen molar-refractivity contribution in [3.05, 3.63) is 72.1 Å². The van der Waals surface area contributed by atoms with Crippen molar-refractivity contribution in [1.82, 2.24) is 4.57 Å². The second-order valence-electron chi connectivity index (χ2n) is 4.36. The molecule has 0 bridgehead atoms. The summed E-state index contributed by atoms with van der Waals surface area (Å²) in [4.78, 5) is 12.4. The van der Waals surface area contributed by atoms with E-state index < -0.39 is 0 Å². The van der Waals surface area contributed by atoms with E-state index in [9.17, 15) is 4.79 Å². The second-order valence-corrected chi connectivity index (χ2v) is 4.36. The predicted octanol–water partition coefficient (Wildman–Crippen LogP) is 3.60. The fraction of sp³-hybridized carbons (Fsp3) is 0.188. The van der Waals surface area contributed by atoms with Crippen molar-refractivity contribution in [2.45, 2.75) is 19.9 Å². The average molecular weight is 239 g/mol. The Labute approximate surface area is 108 Å². The number of hydrogen-bond donors (Lipinski definition) is 0. The van der Waals surface area contributed by atoms with E-state index in [-0.39, 0.29) is 5.78 Å². The van der Waals surface area contributed by atoms with Gasteiger partial charge in [0, 0.05) is 18.3 Å². The first-order chi connectivity index (χ1) is 8.72. The zero-order valence-electron chi connectivity index (χ0n) is 10.6. The predicted molar refractivity (Wildman–Crippen MR) is 73.9 cm³/mol.